The molecule has 2 aromatic rings. The third kappa shape index (κ3) is 5.66. The van der Waals surface area contributed by atoms with Crippen molar-refractivity contribution in [3.05, 3.63) is 19.1 Å². The Morgan fingerprint density at radius 3 is 2.82 bits per heavy atom. The zero-order valence-electron chi connectivity index (χ0n) is 22.9. The van der Waals surface area contributed by atoms with Crippen LogP contribution in [0.4, 0.5) is 15.0 Å². The summed E-state index contributed by atoms with van der Waals surface area (Å²) in [4.78, 5) is 28.6. The van der Waals surface area contributed by atoms with Crippen LogP contribution in [0.1, 0.15) is 53.4 Å². The zero-order chi connectivity index (χ0) is 28.3. The third-order valence-corrected chi connectivity index (χ3v) is 11.3. The molecule has 0 radical (unpaired) electrons. The molecule has 0 bridgehead atoms. The van der Waals surface area contributed by atoms with Gasteiger partial charge in [0, 0.05) is 31.9 Å². The number of carbonyl (C=O) groups is 1. The summed E-state index contributed by atoms with van der Waals surface area (Å²) in [5.74, 6) is 0.681. The number of hydrogen-bond donors (Lipinski definition) is 0. The van der Waals surface area contributed by atoms with E-state index in [0.717, 1.165) is 44.8 Å². The number of amides is 1. The number of nitrogens with zero attached hydrogens (tertiary/aromatic N) is 5. The van der Waals surface area contributed by atoms with Crippen LogP contribution in [0.5, 0.6) is 6.01 Å². The van der Waals surface area contributed by atoms with Gasteiger partial charge in [-0.25, -0.2) is 9.18 Å². The van der Waals surface area contributed by atoms with Crippen LogP contribution in [0.2, 0.25) is 5.02 Å². The Hall–Kier alpha value is -1.18. The third-order valence-electron chi connectivity index (χ3n) is 8.19. The lowest BCUT2D eigenvalue weighted by molar-refractivity contribution is 0.0233. The summed E-state index contributed by atoms with van der Waals surface area (Å²) in [6.07, 6.45) is 2.05. The van der Waals surface area contributed by atoms with Gasteiger partial charge in [0.15, 0.2) is 0 Å². The van der Waals surface area contributed by atoms with Crippen molar-refractivity contribution < 1.29 is 18.7 Å². The molecule has 12 heteroatoms. The van der Waals surface area contributed by atoms with E-state index in [2.05, 4.69) is 48.3 Å². The lowest BCUT2D eigenvalue weighted by Crippen LogP contribution is -2.45. The summed E-state index contributed by atoms with van der Waals surface area (Å²) in [5, 5.41) is 1.37. The summed E-state index contributed by atoms with van der Waals surface area (Å²) in [6, 6.07) is 2.02. The Kier molecular flexibility index (Phi) is 8.20. The number of rotatable bonds is 5. The number of halogens is 4. The zero-order valence-corrected chi connectivity index (χ0v) is 27.4. The summed E-state index contributed by atoms with van der Waals surface area (Å²) < 4.78 is 27.9. The van der Waals surface area contributed by atoms with E-state index >= 15 is 0 Å². The minimum Gasteiger partial charge on any atom is -0.461 e. The van der Waals surface area contributed by atoms with Gasteiger partial charge >= 0.3 is 12.1 Å². The van der Waals surface area contributed by atoms with Crippen molar-refractivity contribution in [3.8, 4) is 6.01 Å². The molecular formula is C27H35BrClFIN5O3. The first kappa shape index (κ1) is 29.3. The number of hydrogen-bond acceptors (Lipinski definition) is 7. The molecule has 1 aromatic carbocycles. The molecule has 2 unspecified atom stereocenters. The topological polar surface area (TPSA) is 71.0 Å². The van der Waals surface area contributed by atoms with Crippen molar-refractivity contribution in [2.75, 3.05) is 38.2 Å². The number of anilines is 1. The smallest absolute Gasteiger partial charge is 0.410 e. The molecule has 214 valence electrons. The molecule has 1 amide bonds. The van der Waals surface area contributed by atoms with E-state index in [1.54, 1.807) is 4.90 Å². The minimum absolute atomic E-state index is 0.00500. The molecule has 1 aromatic heterocycles. The Morgan fingerprint density at radius 2 is 2.10 bits per heavy atom. The average molecular weight is 739 g/mol. The van der Waals surface area contributed by atoms with Crippen molar-refractivity contribution in [2.45, 2.75) is 82.8 Å². The molecule has 4 heterocycles. The highest BCUT2D eigenvalue weighted by Gasteiger charge is 2.49. The fraction of sp³-hybridized carbons (Fsp3) is 0.667. The van der Waals surface area contributed by atoms with E-state index in [-0.39, 0.29) is 29.7 Å². The van der Waals surface area contributed by atoms with Gasteiger partial charge in [0.25, 0.3) is 0 Å². The van der Waals surface area contributed by atoms with Gasteiger partial charge in [-0.05, 0) is 98.1 Å². The largest absolute Gasteiger partial charge is 0.461 e. The van der Waals surface area contributed by atoms with Gasteiger partial charge in [-0.1, -0.05) is 11.6 Å². The molecule has 3 saturated heterocycles. The van der Waals surface area contributed by atoms with Crippen LogP contribution in [-0.2, 0) is 4.74 Å². The molecule has 0 spiro atoms. The second-order valence-corrected chi connectivity index (χ2v) is 14.2. The Morgan fingerprint density at radius 1 is 1.36 bits per heavy atom. The van der Waals surface area contributed by atoms with E-state index in [1.807, 2.05) is 40.8 Å². The van der Waals surface area contributed by atoms with Crippen molar-refractivity contribution in [2.24, 2.45) is 0 Å². The number of fused-ring (bicyclic) bond motifs is 2. The standard InChI is InChI=1S/C27H35BrClFIN5O3/c1-15-19(7-10-36(15)25(37)39-26(2,3)4)34(5)23-17-11-18(29)20(28)21(31)22(17)32-24(33-23)38-14-27-8-6-9-35(27)13-16(30)12-27/h11,15-16,19H,6-10,12-14H2,1-5H3/t15?,16-,19?,27+/m1/s1. The first-order valence-electron chi connectivity index (χ1n) is 13.4. The predicted octanol–water partition coefficient (Wildman–Crippen LogP) is 6.44. The van der Waals surface area contributed by atoms with Gasteiger partial charge in [-0.3, -0.25) is 4.90 Å². The molecule has 0 aliphatic carbocycles. The van der Waals surface area contributed by atoms with Gasteiger partial charge in [0.05, 0.1) is 36.2 Å². The highest BCUT2D eigenvalue weighted by molar-refractivity contribution is 14.1. The monoisotopic (exact) mass is 737 g/mol. The van der Waals surface area contributed by atoms with Gasteiger partial charge in [-0.15, -0.1) is 0 Å². The highest BCUT2D eigenvalue weighted by Crippen LogP contribution is 2.42. The van der Waals surface area contributed by atoms with Gasteiger partial charge in [0.1, 0.15) is 24.2 Å². The fourth-order valence-electron chi connectivity index (χ4n) is 6.29. The number of alkyl halides is 1. The molecular weight excluding hydrogens is 704 g/mol. The molecule has 3 aliphatic heterocycles. The van der Waals surface area contributed by atoms with Gasteiger partial charge in [-0.2, -0.15) is 9.97 Å². The number of likely N-dealkylation sites (N-methyl/N-ethyl adjacent to an activating group) is 1. The Balaban J connectivity index is 1.47. The highest BCUT2D eigenvalue weighted by atomic mass is 127. The van der Waals surface area contributed by atoms with Crippen LogP contribution in [0.3, 0.4) is 0 Å². The second kappa shape index (κ2) is 10.9. The number of benzene rings is 1. The fourth-order valence-corrected chi connectivity index (χ4v) is 7.66. The van der Waals surface area contributed by atoms with Crippen LogP contribution in [0.25, 0.3) is 10.9 Å². The van der Waals surface area contributed by atoms with E-state index in [0.29, 0.717) is 37.0 Å². The van der Waals surface area contributed by atoms with Crippen molar-refractivity contribution in [1.82, 2.24) is 19.8 Å². The predicted molar refractivity (Wildman–Crippen MR) is 163 cm³/mol. The van der Waals surface area contributed by atoms with Crippen LogP contribution >= 0.6 is 50.1 Å². The number of aromatic nitrogens is 2. The molecule has 3 fully saturated rings. The van der Waals surface area contributed by atoms with E-state index in [9.17, 15) is 9.18 Å². The minimum atomic E-state index is -0.830. The molecule has 5 rings (SSSR count). The van der Waals surface area contributed by atoms with Crippen LogP contribution in [0, 0.1) is 3.57 Å². The average Bonchev–Trinajstić information content (AvgIpc) is 3.51. The number of carbonyl (C=O) groups excluding carboxylic acids is 1. The van der Waals surface area contributed by atoms with E-state index < -0.39 is 11.8 Å². The van der Waals surface area contributed by atoms with Gasteiger partial charge < -0.3 is 19.3 Å². The van der Waals surface area contributed by atoms with Crippen LogP contribution < -0.4 is 9.64 Å². The Bertz CT molecular complexity index is 1280. The van der Waals surface area contributed by atoms with Crippen molar-refractivity contribution in [3.63, 3.8) is 0 Å². The summed E-state index contributed by atoms with van der Waals surface area (Å²) >= 11 is 12.4. The molecule has 0 N–H and O–H groups in total. The van der Waals surface area contributed by atoms with Crippen molar-refractivity contribution in [1.29, 1.82) is 0 Å². The van der Waals surface area contributed by atoms with Crippen LogP contribution in [-0.4, -0.2) is 88.5 Å². The first-order chi connectivity index (χ1) is 18.3. The quantitative estimate of drug-likeness (QED) is 0.259. The molecule has 8 nitrogen and oxygen atoms in total. The van der Waals surface area contributed by atoms with E-state index in [1.165, 1.54) is 0 Å². The maximum absolute atomic E-state index is 14.3. The van der Waals surface area contributed by atoms with E-state index in [4.69, 9.17) is 31.0 Å². The maximum Gasteiger partial charge on any atom is 0.410 e. The number of ether oxygens (including phenoxy) is 2. The second-order valence-electron chi connectivity index (χ2n) is 12.0. The molecule has 4 atom stereocenters. The molecule has 3 aliphatic rings. The first-order valence-corrected chi connectivity index (χ1v) is 15.6. The molecule has 39 heavy (non-hydrogen) atoms. The number of likely N-dealkylation sites (tertiary alicyclic amines) is 1. The molecule has 0 saturated carbocycles. The maximum atomic E-state index is 14.3. The lowest BCUT2D eigenvalue weighted by atomic mass is 9.95. The normalized spacial score (nSPS) is 27.3. The van der Waals surface area contributed by atoms with Crippen molar-refractivity contribution >= 4 is 72.9 Å². The SMILES string of the molecule is CC1C(N(C)c2nc(OC[C@@]34CCCN3C[C@H](F)C4)nc3c(I)c(Br)c(Cl)cc23)CCN1C(=O)OC(C)(C)C. The van der Waals surface area contributed by atoms with Gasteiger partial charge in [0.2, 0.25) is 0 Å². The summed E-state index contributed by atoms with van der Waals surface area (Å²) in [5.41, 5.74) is -0.137. The van der Waals surface area contributed by atoms with Crippen LogP contribution in [0.15, 0.2) is 10.5 Å². The summed E-state index contributed by atoms with van der Waals surface area (Å²) in [6.45, 7) is 9.95. The Labute approximate surface area is 256 Å². The summed E-state index contributed by atoms with van der Waals surface area (Å²) in [7, 11) is 1.98. The lowest BCUT2D eigenvalue weighted by Gasteiger charge is -2.33.